The first-order chi connectivity index (χ1) is 15.5. The first-order valence-corrected chi connectivity index (χ1v) is 13.0. The molecule has 0 saturated heterocycles. The minimum absolute atomic E-state index is 0.123. The summed E-state index contributed by atoms with van der Waals surface area (Å²) >= 11 is 0. The van der Waals surface area contributed by atoms with Gasteiger partial charge in [0.1, 0.15) is 0 Å². The summed E-state index contributed by atoms with van der Waals surface area (Å²) in [6, 6.07) is 6.68. The highest BCUT2D eigenvalue weighted by molar-refractivity contribution is 5.95. The SMILES string of the molecule is CCCCCCCCC(C)OC(=O)c1cccc(C(=O)OC(C)CCCCCCCC)c1. The summed E-state index contributed by atoms with van der Waals surface area (Å²) in [5.41, 5.74) is 0.802. The zero-order chi connectivity index (χ0) is 23.6. The van der Waals surface area contributed by atoms with E-state index in [2.05, 4.69) is 13.8 Å². The van der Waals surface area contributed by atoms with E-state index < -0.39 is 0 Å². The van der Waals surface area contributed by atoms with Crippen molar-refractivity contribution in [2.75, 3.05) is 0 Å². The van der Waals surface area contributed by atoms with Crippen LogP contribution in [0.1, 0.15) is 138 Å². The lowest BCUT2D eigenvalue weighted by Crippen LogP contribution is -2.17. The van der Waals surface area contributed by atoms with Gasteiger partial charge >= 0.3 is 11.9 Å². The summed E-state index contributed by atoms with van der Waals surface area (Å²) in [6.45, 7) is 8.30. The molecule has 4 nitrogen and oxygen atoms in total. The molecular weight excluding hydrogens is 400 g/mol. The minimum atomic E-state index is -0.377. The molecule has 0 amide bonds. The van der Waals surface area contributed by atoms with Crippen LogP contribution < -0.4 is 0 Å². The fourth-order valence-corrected chi connectivity index (χ4v) is 3.82. The van der Waals surface area contributed by atoms with Crippen molar-refractivity contribution in [3.63, 3.8) is 0 Å². The second-order valence-corrected chi connectivity index (χ2v) is 9.13. The number of carbonyl (C=O) groups is 2. The van der Waals surface area contributed by atoms with Crippen LogP contribution in [0, 0.1) is 0 Å². The van der Waals surface area contributed by atoms with Crippen molar-refractivity contribution >= 4 is 11.9 Å². The molecule has 182 valence electrons. The molecule has 0 aliphatic heterocycles. The lowest BCUT2D eigenvalue weighted by atomic mass is 10.1. The van der Waals surface area contributed by atoms with Gasteiger partial charge in [-0.25, -0.2) is 9.59 Å². The van der Waals surface area contributed by atoms with E-state index in [1.165, 1.54) is 64.2 Å². The highest BCUT2D eigenvalue weighted by atomic mass is 16.5. The minimum Gasteiger partial charge on any atom is -0.459 e. The Hall–Kier alpha value is -1.84. The molecule has 2 atom stereocenters. The van der Waals surface area contributed by atoms with Crippen LogP contribution in [0.2, 0.25) is 0 Å². The maximum Gasteiger partial charge on any atom is 0.338 e. The maximum absolute atomic E-state index is 12.5. The Balaban J connectivity index is 2.38. The van der Waals surface area contributed by atoms with Crippen LogP contribution >= 0.6 is 0 Å². The van der Waals surface area contributed by atoms with Gasteiger partial charge < -0.3 is 9.47 Å². The third kappa shape index (κ3) is 12.9. The van der Waals surface area contributed by atoms with Crippen molar-refractivity contribution in [3.8, 4) is 0 Å². The van der Waals surface area contributed by atoms with Gasteiger partial charge in [0.05, 0.1) is 23.3 Å². The Labute approximate surface area is 196 Å². The smallest absolute Gasteiger partial charge is 0.338 e. The van der Waals surface area contributed by atoms with Gasteiger partial charge in [-0.2, -0.15) is 0 Å². The third-order valence-electron chi connectivity index (χ3n) is 5.88. The van der Waals surface area contributed by atoms with Crippen molar-refractivity contribution in [3.05, 3.63) is 35.4 Å². The summed E-state index contributed by atoms with van der Waals surface area (Å²) in [6.07, 6.45) is 16.1. The molecule has 0 spiro atoms. The average molecular weight is 447 g/mol. The van der Waals surface area contributed by atoms with Gasteiger partial charge in [-0.3, -0.25) is 0 Å². The number of esters is 2. The Morgan fingerprint density at radius 1 is 0.656 bits per heavy atom. The van der Waals surface area contributed by atoms with E-state index in [1.54, 1.807) is 24.3 Å². The average Bonchev–Trinajstić information content (AvgIpc) is 2.78. The van der Waals surface area contributed by atoms with Crippen molar-refractivity contribution < 1.29 is 19.1 Å². The summed E-state index contributed by atoms with van der Waals surface area (Å²) in [7, 11) is 0. The quantitative estimate of drug-likeness (QED) is 0.168. The molecule has 2 unspecified atom stereocenters. The van der Waals surface area contributed by atoms with E-state index in [0.29, 0.717) is 11.1 Å². The van der Waals surface area contributed by atoms with Crippen molar-refractivity contribution in [2.45, 2.75) is 130 Å². The molecule has 0 radical (unpaired) electrons. The monoisotopic (exact) mass is 446 g/mol. The second kappa shape index (κ2) is 17.7. The van der Waals surface area contributed by atoms with E-state index in [1.807, 2.05) is 13.8 Å². The fraction of sp³-hybridized carbons (Fsp3) is 0.714. The van der Waals surface area contributed by atoms with Crippen LogP contribution in [0.4, 0.5) is 0 Å². The number of hydrogen-bond acceptors (Lipinski definition) is 4. The van der Waals surface area contributed by atoms with Crippen molar-refractivity contribution in [2.24, 2.45) is 0 Å². The number of benzene rings is 1. The number of hydrogen-bond donors (Lipinski definition) is 0. The molecule has 1 aromatic carbocycles. The van der Waals surface area contributed by atoms with Gasteiger partial charge in [-0.05, 0) is 57.7 Å². The van der Waals surface area contributed by atoms with Gasteiger partial charge in [0.15, 0.2) is 0 Å². The van der Waals surface area contributed by atoms with Crippen LogP contribution in [-0.2, 0) is 9.47 Å². The van der Waals surface area contributed by atoms with Crippen LogP contribution in [0.3, 0.4) is 0 Å². The number of rotatable bonds is 18. The zero-order valence-corrected chi connectivity index (χ0v) is 21.0. The third-order valence-corrected chi connectivity index (χ3v) is 5.88. The number of unbranched alkanes of at least 4 members (excludes halogenated alkanes) is 10. The molecule has 0 saturated carbocycles. The molecule has 0 aliphatic carbocycles. The summed E-state index contributed by atoms with van der Waals surface area (Å²) in [5, 5.41) is 0. The molecule has 4 heteroatoms. The molecule has 0 heterocycles. The molecular formula is C28H46O4. The summed E-state index contributed by atoms with van der Waals surface area (Å²) in [5.74, 6) is -0.753. The van der Waals surface area contributed by atoms with Crippen LogP contribution in [0.5, 0.6) is 0 Å². The highest BCUT2D eigenvalue weighted by Crippen LogP contribution is 2.15. The topological polar surface area (TPSA) is 52.6 Å². The number of carbonyl (C=O) groups excluding carboxylic acids is 2. The molecule has 1 rings (SSSR count). The normalized spacial score (nSPS) is 12.9. The molecule has 0 bridgehead atoms. The standard InChI is InChI=1S/C28H46O4/c1-5-7-9-11-13-15-18-23(3)31-27(29)25-20-17-21-26(22-25)28(30)32-24(4)19-16-14-12-10-8-6-2/h17,20-24H,5-16,18-19H2,1-4H3. The lowest BCUT2D eigenvalue weighted by molar-refractivity contribution is 0.0318. The first-order valence-electron chi connectivity index (χ1n) is 13.0. The Kier molecular flexibility index (Phi) is 15.6. The predicted molar refractivity (Wildman–Crippen MR) is 132 cm³/mol. The van der Waals surface area contributed by atoms with Crippen molar-refractivity contribution in [1.29, 1.82) is 0 Å². The van der Waals surface area contributed by atoms with E-state index >= 15 is 0 Å². The first kappa shape index (κ1) is 28.2. The van der Waals surface area contributed by atoms with Crippen molar-refractivity contribution in [1.82, 2.24) is 0 Å². The maximum atomic E-state index is 12.5. The largest absolute Gasteiger partial charge is 0.459 e. The van der Waals surface area contributed by atoms with Gasteiger partial charge in [0.25, 0.3) is 0 Å². The highest BCUT2D eigenvalue weighted by Gasteiger charge is 2.16. The van der Waals surface area contributed by atoms with Gasteiger partial charge in [0.2, 0.25) is 0 Å². The Morgan fingerprint density at radius 2 is 1.03 bits per heavy atom. The second-order valence-electron chi connectivity index (χ2n) is 9.13. The van der Waals surface area contributed by atoms with E-state index in [0.717, 1.165) is 25.7 Å². The van der Waals surface area contributed by atoms with Crippen LogP contribution in [-0.4, -0.2) is 24.1 Å². The zero-order valence-electron chi connectivity index (χ0n) is 21.0. The molecule has 0 aromatic heterocycles. The molecule has 32 heavy (non-hydrogen) atoms. The van der Waals surface area contributed by atoms with E-state index in [9.17, 15) is 9.59 Å². The molecule has 1 aromatic rings. The van der Waals surface area contributed by atoms with Crippen LogP contribution in [0.15, 0.2) is 24.3 Å². The lowest BCUT2D eigenvalue weighted by Gasteiger charge is -2.15. The summed E-state index contributed by atoms with van der Waals surface area (Å²) < 4.78 is 11.2. The van der Waals surface area contributed by atoms with Gasteiger partial charge in [-0.1, -0.05) is 84.1 Å². The van der Waals surface area contributed by atoms with E-state index in [-0.39, 0.29) is 24.1 Å². The fourth-order valence-electron chi connectivity index (χ4n) is 3.82. The predicted octanol–water partition coefficient (Wildman–Crippen LogP) is 8.28. The van der Waals surface area contributed by atoms with E-state index in [4.69, 9.17) is 9.47 Å². The Morgan fingerprint density at radius 3 is 1.44 bits per heavy atom. The molecule has 0 fully saturated rings. The Bertz CT molecular complexity index is 589. The molecule has 0 aliphatic rings. The number of ether oxygens (including phenoxy) is 2. The molecule has 0 N–H and O–H groups in total. The van der Waals surface area contributed by atoms with Gasteiger partial charge in [-0.15, -0.1) is 0 Å². The van der Waals surface area contributed by atoms with Crippen LogP contribution in [0.25, 0.3) is 0 Å². The summed E-state index contributed by atoms with van der Waals surface area (Å²) in [4.78, 5) is 25.0. The van der Waals surface area contributed by atoms with Gasteiger partial charge in [0, 0.05) is 0 Å².